The van der Waals surface area contributed by atoms with E-state index in [1.54, 1.807) is 13.4 Å². The Kier molecular flexibility index (Phi) is 5.09. The highest BCUT2D eigenvalue weighted by Crippen LogP contribution is 2.32. The van der Waals surface area contributed by atoms with E-state index in [9.17, 15) is 5.11 Å². The van der Waals surface area contributed by atoms with Crippen LogP contribution in [0.3, 0.4) is 0 Å². The number of nitrogens with zero attached hydrogens (tertiary/aromatic N) is 6. The summed E-state index contributed by atoms with van der Waals surface area (Å²) in [7, 11) is 3.56. The number of ether oxygens (including phenoxy) is 1. The van der Waals surface area contributed by atoms with E-state index in [2.05, 4.69) is 19.3 Å². The molecule has 0 amide bonds. The monoisotopic (exact) mass is 390 g/mol. The molecule has 27 heavy (non-hydrogen) atoms. The van der Waals surface area contributed by atoms with E-state index in [1.165, 1.54) is 17.9 Å². The van der Waals surface area contributed by atoms with Crippen LogP contribution >= 0.6 is 11.5 Å². The summed E-state index contributed by atoms with van der Waals surface area (Å²) in [5.74, 6) is 1.35. The Hall–Kier alpha value is -2.26. The molecule has 9 heteroatoms. The Morgan fingerprint density at radius 3 is 2.59 bits per heavy atom. The van der Waals surface area contributed by atoms with E-state index in [-0.39, 0.29) is 5.41 Å². The third-order valence-electron chi connectivity index (χ3n) is 4.98. The molecule has 0 radical (unpaired) electrons. The van der Waals surface area contributed by atoms with Gasteiger partial charge in [-0.25, -0.2) is 15.0 Å². The maximum Gasteiger partial charge on any atom is 0.225 e. The molecule has 3 rings (SSSR count). The van der Waals surface area contributed by atoms with Crippen LogP contribution in [0.15, 0.2) is 18.7 Å². The highest BCUT2D eigenvalue weighted by Gasteiger charge is 2.36. The van der Waals surface area contributed by atoms with Gasteiger partial charge in [0.05, 0.1) is 32.1 Å². The van der Waals surface area contributed by atoms with Crippen LogP contribution in [-0.4, -0.2) is 48.8 Å². The van der Waals surface area contributed by atoms with Gasteiger partial charge < -0.3 is 19.3 Å². The molecule has 0 saturated heterocycles. The number of anilines is 1. The standard InChI is InChI=1S/C18H26N6O2S/c1-17(2,3)18(4,25)9-24-11-21-14-15(19-10-20-16(14)24)23(5)8-12-7-13(26-6)22-27-12/h7,10-11,25H,8-9H2,1-6H3. The van der Waals surface area contributed by atoms with Crippen LogP contribution in [0.1, 0.15) is 32.6 Å². The molecular formula is C18H26N6O2S. The molecule has 3 aromatic rings. The highest BCUT2D eigenvalue weighted by atomic mass is 32.1. The predicted molar refractivity (Wildman–Crippen MR) is 106 cm³/mol. The first kappa shape index (κ1) is 19.5. The van der Waals surface area contributed by atoms with Gasteiger partial charge in [0.1, 0.15) is 6.33 Å². The van der Waals surface area contributed by atoms with Gasteiger partial charge in [-0.15, -0.1) is 0 Å². The van der Waals surface area contributed by atoms with Crippen LogP contribution in [0.4, 0.5) is 5.82 Å². The van der Waals surface area contributed by atoms with Crippen LogP contribution in [0.2, 0.25) is 0 Å². The molecule has 146 valence electrons. The Balaban J connectivity index is 1.89. The lowest BCUT2D eigenvalue weighted by Gasteiger charge is -2.37. The van der Waals surface area contributed by atoms with Gasteiger partial charge in [0.15, 0.2) is 17.0 Å². The lowest BCUT2D eigenvalue weighted by Crippen LogP contribution is -2.43. The third-order valence-corrected chi connectivity index (χ3v) is 5.73. The number of aromatic nitrogens is 5. The van der Waals surface area contributed by atoms with E-state index < -0.39 is 5.60 Å². The minimum Gasteiger partial charge on any atom is -0.480 e. The zero-order chi connectivity index (χ0) is 19.8. The van der Waals surface area contributed by atoms with Crippen molar-refractivity contribution in [2.24, 2.45) is 5.41 Å². The summed E-state index contributed by atoms with van der Waals surface area (Å²) < 4.78 is 11.3. The van der Waals surface area contributed by atoms with Gasteiger partial charge in [-0.05, 0) is 23.9 Å². The molecular weight excluding hydrogens is 364 g/mol. The van der Waals surface area contributed by atoms with E-state index in [1.807, 2.05) is 50.3 Å². The fourth-order valence-corrected chi connectivity index (χ4v) is 3.34. The van der Waals surface area contributed by atoms with Gasteiger partial charge in [-0.2, -0.15) is 4.37 Å². The topological polar surface area (TPSA) is 89.2 Å². The second-order valence-electron chi connectivity index (χ2n) is 7.96. The van der Waals surface area contributed by atoms with Crippen molar-refractivity contribution < 1.29 is 9.84 Å². The van der Waals surface area contributed by atoms with Crippen molar-refractivity contribution in [1.82, 2.24) is 23.9 Å². The lowest BCUT2D eigenvalue weighted by atomic mass is 9.78. The van der Waals surface area contributed by atoms with Crippen molar-refractivity contribution in [3.05, 3.63) is 23.6 Å². The van der Waals surface area contributed by atoms with Crippen molar-refractivity contribution in [3.63, 3.8) is 0 Å². The molecule has 0 aliphatic heterocycles. The summed E-state index contributed by atoms with van der Waals surface area (Å²) in [6, 6.07) is 1.92. The smallest absolute Gasteiger partial charge is 0.225 e. The molecule has 0 bridgehead atoms. The zero-order valence-corrected chi connectivity index (χ0v) is 17.4. The van der Waals surface area contributed by atoms with E-state index >= 15 is 0 Å². The van der Waals surface area contributed by atoms with Crippen molar-refractivity contribution in [2.75, 3.05) is 19.1 Å². The quantitative estimate of drug-likeness (QED) is 0.692. The SMILES string of the molecule is COc1cc(CN(C)c2ncnc3c2ncn3CC(C)(O)C(C)(C)C)sn1. The molecule has 0 aromatic carbocycles. The van der Waals surface area contributed by atoms with Crippen molar-refractivity contribution in [2.45, 2.75) is 46.4 Å². The summed E-state index contributed by atoms with van der Waals surface area (Å²) >= 11 is 1.40. The third kappa shape index (κ3) is 3.89. The summed E-state index contributed by atoms with van der Waals surface area (Å²) in [6.07, 6.45) is 3.25. The first-order valence-corrected chi connectivity index (χ1v) is 9.48. The van der Waals surface area contributed by atoms with Crippen molar-refractivity contribution in [1.29, 1.82) is 0 Å². The van der Waals surface area contributed by atoms with Crippen molar-refractivity contribution in [3.8, 4) is 5.88 Å². The van der Waals surface area contributed by atoms with Gasteiger partial charge >= 0.3 is 0 Å². The largest absolute Gasteiger partial charge is 0.480 e. The minimum atomic E-state index is -0.906. The summed E-state index contributed by atoms with van der Waals surface area (Å²) in [4.78, 5) is 16.4. The molecule has 1 atom stereocenters. The molecule has 3 aromatic heterocycles. The summed E-state index contributed by atoms with van der Waals surface area (Å²) in [5.41, 5.74) is 0.234. The van der Waals surface area contributed by atoms with Gasteiger partial charge in [0.25, 0.3) is 0 Å². The first-order valence-electron chi connectivity index (χ1n) is 8.71. The molecule has 1 unspecified atom stereocenters. The van der Waals surface area contributed by atoms with Crippen LogP contribution in [0.5, 0.6) is 5.88 Å². The maximum atomic E-state index is 10.9. The number of fused-ring (bicyclic) bond motifs is 1. The van der Waals surface area contributed by atoms with Gasteiger partial charge in [-0.3, -0.25) is 0 Å². The minimum absolute atomic E-state index is 0.276. The second-order valence-corrected chi connectivity index (χ2v) is 8.85. The van der Waals surface area contributed by atoms with Gasteiger partial charge in [0, 0.05) is 18.0 Å². The number of rotatable bonds is 6. The van der Waals surface area contributed by atoms with E-state index in [4.69, 9.17) is 4.74 Å². The molecule has 0 spiro atoms. The van der Waals surface area contributed by atoms with Crippen LogP contribution < -0.4 is 9.64 Å². The fourth-order valence-electron chi connectivity index (χ4n) is 2.61. The average Bonchev–Trinajstić information content (AvgIpc) is 3.20. The van der Waals surface area contributed by atoms with Gasteiger partial charge in [-0.1, -0.05) is 20.8 Å². The number of hydrogen-bond donors (Lipinski definition) is 1. The number of hydrogen-bond acceptors (Lipinski definition) is 8. The average molecular weight is 391 g/mol. The van der Waals surface area contributed by atoms with Crippen LogP contribution in [0, 0.1) is 5.41 Å². The molecule has 0 fully saturated rings. The number of methoxy groups -OCH3 is 1. The normalized spacial score (nSPS) is 14.3. The van der Waals surface area contributed by atoms with Crippen LogP contribution in [-0.2, 0) is 13.1 Å². The molecule has 0 saturated carbocycles. The fraction of sp³-hybridized carbons (Fsp3) is 0.556. The summed E-state index contributed by atoms with van der Waals surface area (Å²) in [6.45, 7) is 8.93. The Morgan fingerprint density at radius 1 is 1.22 bits per heavy atom. The Morgan fingerprint density at radius 2 is 1.96 bits per heavy atom. The lowest BCUT2D eigenvalue weighted by molar-refractivity contribution is -0.0540. The van der Waals surface area contributed by atoms with E-state index in [0.717, 1.165) is 10.7 Å². The Labute approximate surface area is 163 Å². The second kappa shape index (κ2) is 7.05. The molecule has 1 N–H and O–H groups in total. The molecule has 8 nitrogen and oxygen atoms in total. The zero-order valence-electron chi connectivity index (χ0n) is 16.6. The predicted octanol–water partition coefficient (Wildman–Crippen LogP) is 2.72. The molecule has 0 aliphatic carbocycles. The van der Waals surface area contributed by atoms with Gasteiger partial charge in [0.2, 0.25) is 5.88 Å². The number of imidazole rings is 1. The maximum absolute atomic E-state index is 10.9. The van der Waals surface area contributed by atoms with Crippen LogP contribution in [0.25, 0.3) is 11.2 Å². The first-order chi connectivity index (χ1) is 12.6. The van der Waals surface area contributed by atoms with E-state index in [0.29, 0.717) is 30.1 Å². The Bertz CT molecular complexity index is 927. The molecule has 0 aliphatic rings. The number of aliphatic hydroxyl groups is 1. The molecule has 3 heterocycles. The summed E-state index contributed by atoms with van der Waals surface area (Å²) in [5, 5.41) is 10.9. The van der Waals surface area contributed by atoms with Crippen molar-refractivity contribution >= 4 is 28.5 Å². The highest BCUT2D eigenvalue weighted by molar-refractivity contribution is 7.05.